The third kappa shape index (κ3) is 3.09. The van der Waals surface area contributed by atoms with E-state index >= 15 is 0 Å². The van der Waals surface area contributed by atoms with E-state index in [-0.39, 0.29) is 24.3 Å². The summed E-state index contributed by atoms with van der Waals surface area (Å²) in [5, 5.41) is 0. The van der Waals surface area contributed by atoms with Crippen molar-refractivity contribution in [2.75, 3.05) is 7.11 Å². The van der Waals surface area contributed by atoms with E-state index in [2.05, 4.69) is 0 Å². The number of ether oxygens (including phenoxy) is 1. The van der Waals surface area contributed by atoms with Crippen LogP contribution >= 0.6 is 12.4 Å². The van der Waals surface area contributed by atoms with Crippen LogP contribution in [0.25, 0.3) is 0 Å². The molecular formula is C12H17ClFNO. The molecule has 1 aliphatic carbocycles. The minimum absolute atomic E-state index is 0. The van der Waals surface area contributed by atoms with Crippen LogP contribution in [0.3, 0.4) is 0 Å². The molecule has 16 heavy (non-hydrogen) atoms. The number of nitrogens with two attached hydrogens (primary N) is 1. The van der Waals surface area contributed by atoms with E-state index in [0.717, 1.165) is 17.9 Å². The first-order valence-corrected chi connectivity index (χ1v) is 5.29. The van der Waals surface area contributed by atoms with Crippen LogP contribution in [0.5, 0.6) is 5.75 Å². The predicted molar refractivity (Wildman–Crippen MR) is 64.5 cm³/mol. The summed E-state index contributed by atoms with van der Waals surface area (Å²) in [7, 11) is 1.58. The molecule has 0 aromatic heterocycles. The fourth-order valence-corrected chi connectivity index (χ4v) is 1.83. The zero-order valence-electron chi connectivity index (χ0n) is 9.28. The Morgan fingerprint density at radius 2 is 2.19 bits per heavy atom. The second-order valence-corrected chi connectivity index (χ2v) is 4.17. The summed E-state index contributed by atoms with van der Waals surface area (Å²) in [4.78, 5) is 0. The smallest absolute Gasteiger partial charge is 0.123 e. The second-order valence-electron chi connectivity index (χ2n) is 4.17. The van der Waals surface area contributed by atoms with Crippen molar-refractivity contribution in [2.24, 2.45) is 11.7 Å². The Bertz CT molecular complexity index is 355. The lowest BCUT2D eigenvalue weighted by Crippen LogP contribution is -2.12. The molecule has 90 valence electrons. The molecule has 0 radical (unpaired) electrons. The second kappa shape index (κ2) is 5.51. The van der Waals surface area contributed by atoms with E-state index in [0.29, 0.717) is 5.75 Å². The van der Waals surface area contributed by atoms with Gasteiger partial charge in [-0.25, -0.2) is 4.39 Å². The van der Waals surface area contributed by atoms with Gasteiger partial charge in [-0.15, -0.1) is 12.4 Å². The number of hydrogen-bond donors (Lipinski definition) is 1. The van der Waals surface area contributed by atoms with E-state index in [1.807, 2.05) is 0 Å². The molecule has 1 aliphatic rings. The van der Waals surface area contributed by atoms with Gasteiger partial charge in [-0.3, -0.25) is 0 Å². The van der Waals surface area contributed by atoms with Crippen LogP contribution in [-0.4, -0.2) is 7.11 Å². The average Bonchev–Trinajstić information content (AvgIpc) is 3.01. The summed E-state index contributed by atoms with van der Waals surface area (Å²) in [6.07, 6.45) is 3.44. The zero-order valence-corrected chi connectivity index (χ0v) is 10.1. The third-order valence-corrected chi connectivity index (χ3v) is 2.88. The summed E-state index contributed by atoms with van der Waals surface area (Å²) in [6.45, 7) is 0. The van der Waals surface area contributed by atoms with Crippen LogP contribution < -0.4 is 10.5 Å². The van der Waals surface area contributed by atoms with Gasteiger partial charge in [0.1, 0.15) is 11.6 Å². The van der Waals surface area contributed by atoms with E-state index in [4.69, 9.17) is 10.5 Å². The lowest BCUT2D eigenvalue weighted by atomic mass is 10.0. The Balaban J connectivity index is 0.00000128. The van der Waals surface area contributed by atoms with Gasteiger partial charge < -0.3 is 10.5 Å². The Labute approximate surface area is 101 Å². The summed E-state index contributed by atoms with van der Waals surface area (Å²) in [5.74, 6) is 1.16. The van der Waals surface area contributed by atoms with Gasteiger partial charge in [0.15, 0.2) is 0 Å². The summed E-state index contributed by atoms with van der Waals surface area (Å²) < 4.78 is 18.3. The average molecular weight is 246 g/mol. The first kappa shape index (κ1) is 13.3. The highest BCUT2D eigenvalue weighted by Crippen LogP contribution is 2.38. The maximum atomic E-state index is 13.1. The van der Waals surface area contributed by atoms with Crippen LogP contribution in [0.2, 0.25) is 0 Å². The van der Waals surface area contributed by atoms with Gasteiger partial charge in [-0.05, 0) is 30.5 Å². The first-order chi connectivity index (χ1) is 7.20. The van der Waals surface area contributed by atoms with Crippen molar-refractivity contribution >= 4 is 12.4 Å². The molecule has 1 aromatic rings. The Morgan fingerprint density at radius 1 is 1.50 bits per heavy atom. The van der Waals surface area contributed by atoms with E-state index in [1.54, 1.807) is 13.2 Å². The number of rotatable bonds is 4. The van der Waals surface area contributed by atoms with Gasteiger partial charge in [0.05, 0.1) is 7.11 Å². The molecule has 0 amide bonds. The van der Waals surface area contributed by atoms with Crippen molar-refractivity contribution in [3.8, 4) is 5.75 Å². The zero-order chi connectivity index (χ0) is 10.8. The molecule has 1 fully saturated rings. The van der Waals surface area contributed by atoms with Crippen molar-refractivity contribution in [3.63, 3.8) is 0 Å². The summed E-state index contributed by atoms with van der Waals surface area (Å²) in [6, 6.07) is 4.40. The predicted octanol–water partition coefficient (Wildman–Crippen LogP) is 3.06. The van der Waals surface area contributed by atoms with Gasteiger partial charge in [-0.2, -0.15) is 0 Å². The molecule has 0 aliphatic heterocycles. The standard InChI is InChI=1S/C12H16FNO.ClH/c1-15-12-5-4-9(13)7-10(12)11(14)6-8-2-3-8;/h4-5,7-8,11H,2-3,6,14H2,1H3;1H/t11-;/m1./s1. The molecule has 1 saturated carbocycles. The number of halogens is 2. The Morgan fingerprint density at radius 3 is 2.75 bits per heavy atom. The van der Waals surface area contributed by atoms with E-state index in [9.17, 15) is 4.39 Å². The van der Waals surface area contributed by atoms with E-state index < -0.39 is 0 Å². The first-order valence-electron chi connectivity index (χ1n) is 5.29. The molecule has 1 aromatic carbocycles. The molecule has 0 spiro atoms. The molecule has 4 heteroatoms. The van der Waals surface area contributed by atoms with Crippen LogP contribution in [0, 0.1) is 11.7 Å². The van der Waals surface area contributed by atoms with Crippen LogP contribution in [0.4, 0.5) is 4.39 Å². The summed E-state index contributed by atoms with van der Waals surface area (Å²) >= 11 is 0. The van der Waals surface area contributed by atoms with Crippen LogP contribution in [-0.2, 0) is 0 Å². The minimum atomic E-state index is -0.253. The van der Waals surface area contributed by atoms with Crippen molar-refractivity contribution in [3.05, 3.63) is 29.6 Å². The Hall–Kier alpha value is -0.800. The topological polar surface area (TPSA) is 35.2 Å². The summed E-state index contributed by atoms with van der Waals surface area (Å²) in [5.41, 5.74) is 6.82. The molecule has 1 atom stereocenters. The molecule has 0 saturated heterocycles. The van der Waals surface area contributed by atoms with Crippen molar-refractivity contribution < 1.29 is 9.13 Å². The number of hydrogen-bond acceptors (Lipinski definition) is 2. The maximum absolute atomic E-state index is 13.1. The molecular weight excluding hydrogens is 229 g/mol. The monoisotopic (exact) mass is 245 g/mol. The van der Waals surface area contributed by atoms with Gasteiger partial charge in [-0.1, -0.05) is 12.8 Å². The molecule has 2 nitrogen and oxygen atoms in total. The molecule has 0 unspecified atom stereocenters. The molecule has 0 bridgehead atoms. The molecule has 2 N–H and O–H groups in total. The fraction of sp³-hybridized carbons (Fsp3) is 0.500. The van der Waals surface area contributed by atoms with Gasteiger partial charge in [0, 0.05) is 11.6 Å². The van der Waals surface area contributed by atoms with Crippen molar-refractivity contribution in [2.45, 2.75) is 25.3 Å². The van der Waals surface area contributed by atoms with Crippen LogP contribution in [0.15, 0.2) is 18.2 Å². The lowest BCUT2D eigenvalue weighted by molar-refractivity contribution is 0.401. The highest BCUT2D eigenvalue weighted by Gasteiger charge is 2.25. The fourth-order valence-electron chi connectivity index (χ4n) is 1.83. The van der Waals surface area contributed by atoms with Crippen molar-refractivity contribution in [1.29, 1.82) is 0 Å². The minimum Gasteiger partial charge on any atom is -0.496 e. The Kier molecular flexibility index (Phi) is 4.56. The largest absolute Gasteiger partial charge is 0.496 e. The maximum Gasteiger partial charge on any atom is 0.123 e. The van der Waals surface area contributed by atoms with Gasteiger partial charge in [0.25, 0.3) is 0 Å². The van der Waals surface area contributed by atoms with Gasteiger partial charge in [0.2, 0.25) is 0 Å². The van der Waals surface area contributed by atoms with Crippen LogP contribution in [0.1, 0.15) is 30.9 Å². The third-order valence-electron chi connectivity index (χ3n) is 2.88. The van der Waals surface area contributed by atoms with Crippen molar-refractivity contribution in [1.82, 2.24) is 0 Å². The molecule has 0 heterocycles. The number of benzene rings is 1. The van der Waals surface area contributed by atoms with E-state index in [1.165, 1.54) is 25.0 Å². The quantitative estimate of drug-likeness (QED) is 0.885. The molecule has 2 rings (SSSR count). The van der Waals surface area contributed by atoms with Gasteiger partial charge >= 0.3 is 0 Å². The SMILES string of the molecule is COc1ccc(F)cc1[C@H](N)CC1CC1.Cl. The highest BCUT2D eigenvalue weighted by atomic mass is 35.5. The normalized spacial score (nSPS) is 16.4. The lowest BCUT2D eigenvalue weighted by Gasteiger charge is -2.15. The highest BCUT2D eigenvalue weighted by molar-refractivity contribution is 5.85. The number of methoxy groups -OCH3 is 1.